The lowest BCUT2D eigenvalue weighted by molar-refractivity contribution is -0.0501. The number of carbonyl (C=O) groups excluding carboxylic acids is 1. The average molecular weight is 281 g/mol. The quantitative estimate of drug-likeness (QED) is 0.914. The van der Waals surface area contributed by atoms with E-state index in [1.54, 1.807) is 25.1 Å². The van der Waals surface area contributed by atoms with Crippen molar-refractivity contribution in [3.63, 3.8) is 0 Å². The Hall–Kier alpha value is -2.37. The van der Waals surface area contributed by atoms with Crippen LogP contribution in [0.4, 0.5) is 8.78 Å². The summed E-state index contributed by atoms with van der Waals surface area (Å²) in [4.78, 5) is 12.1. The number of rotatable bonds is 5. The third-order valence-corrected chi connectivity index (χ3v) is 2.67. The first-order valence-electron chi connectivity index (χ1n) is 5.96. The van der Waals surface area contributed by atoms with Gasteiger partial charge in [0, 0.05) is 0 Å². The van der Waals surface area contributed by atoms with Crippen molar-refractivity contribution in [2.45, 2.75) is 19.6 Å². The zero-order valence-electron chi connectivity index (χ0n) is 10.7. The van der Waals surface area contributed by atoms with Crippen LogP contribution in [0.3, 0.4) is 0 Å². The van der Waals surface area contributed by atoms with Crippen LogP contribution in [0, 0.1) is 0 Å². The molecular weight excluding hydrogens is 268 g/mol. The Morgan fingerprint density at radius 1 is 1.25 bits per heavy atom. The van der Waals surface area contributed by atoms with Gasteiger partial charge in [0.25, 0.3) is 5.91 Å². The number of furan rings is 1. The van der Waals surface area contributed by atoms with Crippen LogP contribution >= 0.6 is 0 Å². The molecule has 1 N–H and O–H groups in total. The number of benzene rings is 1. The molecule has 2 rings (SSSR count). The van der Waals surface area contributed by atoms with Crippen molar-refractivity contribution in [2.24, 2.45) is 0 Å². The summed E-state index contributed by atoms with van der Waals surface area (Å²) in [5.74, 6) is -0.0950. The van der Waals surface area contributed by atoms with Gasteiger partial charge in [-0.15, -0.1) is 0 Å². The molecule has 0 aliphatic carbocycles. The van der Waals surface area contributed by atoms with E-state index in [0.29, 0.717) is 5.76 Å². The molecule has 2 aromatic rings. The zero-order valence-corrected chi connectivity index (χ0v) is 10.7. The van der Waals surface area contributed by atoms with Crippen molar-refractivity contribution >= 4 is 5.91 Å². The highest BCUT2D eigenvalue weighted by molar-refractivity contribution is 5.97. The lowest BCUT2D eigenvalue weighted by Gasteiger charge is -2.14. The summed E-state index contributed by atoms with van der Waals surface area (Å²) in [7, 11) is 0. The smallest absolute Gasteiger partial charge is 0.387 e. The minimum absolute atomic E-state index is 0.0474. The fraction of sp³-hybridized carbons (Fsp3) is 0.214. The maximum absolute atomic E-state index is 12.3. The molecule has 0 bridgehead atoms. The van der Waals surface area contributed by atoms with Gasteiger partial charge in [-0.3, -0.25) is 4.79 Å². The van der Waals surface area contributed by atoms with Crippen LogP contribution in [0.25, 0.3) is 0 Å². The fourth-order valence-electron chi connectivity index (χ4n) is 1.74. The minimum Gasteiger partial charge on any atom is -0.467 e. The SMILES string of the molecule is CC(NC(=O)c1ccccc1OC(F)F)c1ccco1. The molecule has 106 valence electrons. The largest absolute Gasteiger partial charge is 0.467 e. The molecule has 0 spiro atoms. The topological polar surface area (TPSA) is 51.5 Å². The predicted molar refractivity (Wildman–Crippen MR) is 67.7 cm³/mol. The van der Waals surface area contributed by atoms with E-state index in [1.807, 2.05) is 0 Å². The van der Waals surface area contributed by atoms with E-state index in [4.69, 9.17) is 4.42 Å². The van der Waals surface area contributed by atoms with Crippen molar-refractivity contribution in [1.29, 1.82) is 0 Å². The normalized spacial score (nSPS) is 12.2. The summed E-state index contributed by atoms with van der Waals surface area (Å²) in [6.45, 7) is -1.25. The van der Waals surface area contributed by atoms with Crippen LogP contribution in [0.15, 0.2) is 47.1 Å². The van der Waals surface area contributed by atoms with E-state index >= 15 is 0 Å². The molecule has 4 nitrogen and oxygen atoms in total. The van der Waals surface area contributed by atoms with Gasteiger partial charge in [-0.1, -0.05) is 12.1 Å². The molecule has 0 saturated heterocycles. The molecule has 20 heavy (non-hydrogen) atoms. The number of amides is 1. The van der Waals surface area contributed by atoms with Crippen LogP contribution in [-0.2, 0) is 0 Å². The first-order valence-corrected chi connectivity index (χ1v) is 5.96. The number of nitrogens with one attached hydrogen (secondary N) is 1. The summed E-state index contributed by atoms with van der Waals surface area (Å²) >= 11 is 0. The minimum atomic E-state index is -2.98. The highest BCUT2D eigenvalue weighted by Gasteiger charge is 2.18. The van der Waals surface area contributed by atoms with Crippen LogP contribution in [0.2, 0.25) is 0 Å². The van der Waals surface area contributed by atoms with Crippen molar-refractivity contribution < 1.29 is 22.7 Å². The summed E-state index contributed by atoms with van der Waals surface area (Å²) in [6.07, 6.45) is 1.49. The average Bonchev–Trinajstić information content (AvgIpc) is 2.92. The van der Waals surface area contributed by atoms with Crippen molar-refractivity contribution in [1.82, 2.24) is 5.32 Å². The molecule has 1 amide bonds. The first-order chi connectivity index (χ1) is 9.58. The Kier molecular flexibility index (Phi) is 4.34. The predicted octanol–water partition coefficient (Wildman–Crippen LogP) is 3.37. The van der Waals surface area contributed by atoms with E-state index in [0.717, 1.165) is 0 Å². The maximum atomic E-state index is 12.3. The van der Waals surface area contributed by atoms with E-state index in [1.165, 1.54) is 24.5 Å². The highest BCUT2D eigenvalue weighted by atomic mass is 19.3. The Bertz CT molecular complexity index is 570. The molecule has 0 saturated carbocycles. The van der Waals surface area contributed by atoms with E-state index in [2.05, 4.69) is 10.1 Å². The molecule has 1 heterocycles. The molecule has 1 aromatic carbocycles. The Morgan fingerprint density at radius 2 is 2.00 bits per heavy atom. The summed E-state index contributed by atoms with van der Waals surface area (Å²) < 4.78 is 34.0. The monoisotopic (exact) mass is 281 g/mol. The standard InChI is InChI=1S/C14H13F2NO3/c1-9(11-7-4-8-19-11)17-13(18)10-5-2-3-6-12(10)20-14(15)16/h2-9,14H,1H3,(H,17,18). The van der Waals surface area contributed by atoms with Crippen LogP contribution in [0.1, 0.15) is 29.1 Å². The van der Waals surface area contributed by atoms with Gasteiger partial charge in [0.2, 0.25) is 0 Å². The Labute approximate surface area is 114 Å². The lowest BCUT2D eigenvalue weighted by Crippen LogP contribution is -2.27. The summed E-state index contributed by atoms with van der Waals surface area (Å²) in [5.41, 5.74) is 0.0474. The van der Waals surface area contributed by atoms with Gasteiger partial charge in [-0.25, -0.2) is 0 Å². The molecule has 0 aliphatic rings. The number of para-hydroxylation sites is 1. The van der Waals surface area contributed by atoms with E-state index < -0.39 is 12.5 Å². The van der Waals surface area contributed by atoms with Crippen molar-refractivity contribution in [3.05, 3.63) is 54.0 Å². The van der Waals surface area contributed by atoms with Gasteiger partial charge in [0.1, 0.15) is 11.5 Å². The van der Waals surface area contributed by atoms with Crippen LogP contribution < -0.4 is 10.1 Å². The van der Waals surface area contributed by atoms with Crippen molar-refractivity contribution in [3.8, 4) is 5.75 Å². The van der Waals surface area contributed by atoms with Gasteiger partial charge in [-0.2, -0.15) is 8.78 Å². The lowest BCUT2D eigenvalue weighted by atomic mass is 10.1. The van der Waals surface area contributed by atoms with Gasteiger partial charge in [0.05, 0.1) is 17.9 Å². The molecule has 0 fully saturated rings. The zero-order chi connectivity index (χ0) is 14.5. The van der Waals surface area contributed by atoms with Crippen LogP contribution in [-0.4, -0.2) is 12.5 Å². The number of halogens is 2. The second kappa shape index (κ2) is 6.18. The fourth-order valence-corrected chi connectivity index (χ4v) is 1.74. The molecule has 0 radical (unpaired) electrons. The molecular formula is C14H13F2NO3. The van der Waals surface area contributed by atoms with Crippen molar-refractivity contribution in [2.75, 3.05) is 0 Å². The molecule has 6 heteroatoms. The van der Waals surface area contributed by atoms with Crippen LogP contribution in [0.5, 0.6) is 5.75 Å². The number of hydrogen-bond acceptors (Lipinski definition) is 3. The maximum Gasteiger partial charge on any atom is 0.387 e. The van der Waals surface area contributed by atoms with Gasteiger partial charge < -0.3 is 14.5 Å². The summed E-state index contributed by atoms with van der Waals surface area (Å²) in [5, 5.41) is 2.65. The number of alkyl halides is 2. The van der Waals surface area contributed by atoms with Gasteiger partial charge in [0.15, 0.2) is 0 Å². The molecule has 1 unspecified atom stereocenters. The third kappa shape index (κ3) is 3.34. The van der Waals surface area contributed by atoms with E-state index in [-0.39, 0.29) is 17.4 Å². The third-order valence-electron chi connectivity index (χ3n) is 2.67. The second-order valence-corrected chi connectivity index (χ2v) is 4.09. The second-order valence-electron chi connectivity index (χ2n) is 4.09. The molecule has 1 atom stereocenters. The van der Waals surface area contributed by atoms with Gasteiger partial charge >= 0.3 is 6.61 Å². The Morgan fingerprint density at radius 3 is 2.65 bits per heavy atom. The number of hydrogen-bond donors (Lipinski definition) is 1. The van der Waals surface area contributed by atoms with E-state index in [9.17, 15) is 13.6 Å². The first kappa shape index (κ1) is 14.0. The molecule has 0 aliphatic heterocycles. The van der Waals surface area contributed by atoms with Gasteiger partial charge in [-0.05, 0) is 31.2 Å². The molecule has 1 aromatic heterocycles. The number of ether oxygens (including phenoxy) is 1. The summed E-state index contributed by atoms with van der Waals surface area (Å²) in [6, 6.07) is 8.87. The number of carbonyl (C=O) groups is 1. The highest BCUT2D eigenvalue weighted by Crippen LogP contribution is 2.21. The Balaban J connectivity index is 2.13.